The SMILES string of the molecule is COC(=O)c1cn(C(=O)CCCN(c2ccc(F)cc2)S(C)(=O)=O)c2ccccc12. The normalized spacial score (nSPS) is 11.4. The molecule has 0 unspecified atom stereocenters. The Kier molecular flexibility index (Phi) is 6.21. The van der Waals surface area contributed by atoms with Crippen LogP contribution in [0.3, 0.4) is 0 Å². The Bertz CT molecular complexity index is 1190. The highest BCUT2D eigenvalue weighted by molar-refractivity contribution is 7.92. The number of benzene rings is 2. The van der Waals surface area contributed by atoms with Crippen molar-refractivity contribution >= 4 is 38.5 Å². The van der Waals surface area contributed by atoms with Gasteiger partial charge in [0.05, 0.1) is 30.1 Å². The van der Waals surface area contributed by atoms with Crippen LogP contribution < -0.4 is 4.31 Å². The summed E-state index contributed by atoms with van der Waals surface area (Å²) in [6.07, 6.45) is 2.78. The molecule has 0 atom stereocenters. The average Bonchev–Trinajstić information content (AvgIpc) is 3.10. The number of carbonyl (C=O) groups excluding carboxylic acids is 2. The number of hydrogen-bond donors (Lipinski definition) is 0. The van der Waals surface area contributed by atoms with Crippen LogP contribution in [0.2, 0.25) is 0 Å². The summed E-state index contributed by atoms with van der Waals surface area (Å²) in [7, 11) is -2.34. The van der Waals surface area contributed by atoms with Gasteiger partial charge >= 0.3 is 5.97 Å². The van der Waals surface area contributed by atoms with Crippen molar-refractivity contribution in [2.45, 2.75) is 12.8 Å². The minimum absolute atomic E-state index is 0.0481. The van der Waals surface area contributed by atoms with Gasteiger partial charge in [-0.3, -0.25) is 13.7 Å². The average molecular weight is 432 g/mol. The fourth-order valence-corrected chi connectivity index (χ4v) is 4.21. The van der Waals surface area contributed by atoms with E-state index in [1.807, 2.05) is 0 Å². The monoisotopic (exact) mass is 432 g/mol. The lowest BCUT2D eigenvalue weighted by molar-refractivity contribution is 0.0603. The van der Waals surface area contributed by atoms with Gasteiger partial charge in [-0.2, -0.15) is 0 Å². The predicted octanol–water partition coefficient (Wildman–Crippen LogP) is 3.45. The first kappa shape index (κ1) is 21.5. The number of ether oxygens (including phenoxy) is 1. The summed E-state index contributed by atoms with van der Waals surface area (Å²) in [5.41, 5.74) is 1.18. The van der Waals surface area contributed by atoms with Gasteiger partial charge in [0.1, 0.15) is 5.82 Å². The highest BCUT2D eigenvalue weighted by Gasteiger charge is 2.20. The van der Waals surface area contributed by atoms with Crippen LogP contribution in [0.1, 0.15) is 28.0 Å². The molecule has 2 aromatic carbocycles. The molecule has 0 fully saturated rings. The molecule has 30 heavy (non-hydrogen) atoms. The van der Waals surface area contributed by atoms with Gasteiger partial charge in [0.2, 0.25) is 15.9 Å². The fourth-order valence-electron chi connectivity index (χ4n) is 3.25. The highest BCUT2D eigenvalue weighted by Crippen LogP contribution is 2.23. The second kappa shape index (κ2) is 8.66. The van der Waals surface area contributed by atoms with Gasteiger partial charge < -0.3 is 4.74 Å². The summed E-state index contributed by atoms with van der Waals surface area (Å²) in [6.45, 7) is 0.0548. The van der Waals surface area contributed by atoms with Crippen LogP contribution in [0.25, 0.3) is 10.9 Å². The van der Waals surface area contributed by atoms with Crippen molar-refractivity contribution < 1.29 is 27.1 Å². The molecule has 0 saturated heterocycles. The van der Waals surface area contributed by atoms with Gasteiger partial charge in [0, 0.05) is 24.5 Å². The number of para-hydroxylation sites is 1. The van der Waals surface area contributed by atoms with Crippen molar-refractivity contribution in [3.05, 3.63) is 66.1 Å². The first-order chi connectivity index (χ1) is 14.2. The van der Waals surface area contributed by atoms with Crippen molar-refractivity contribution in [2.75, 3.05) is 24.2 Å². The zero-order valence-corrected chi connectivity index (χ0v) is 17.4. The molecule has 0 spiro atoms. The Morgan fingerprint density at radius 3 is 2.40 bits per heavy atom. The quantitative estimate of drug-likeness (QED) is 0.534. The molecule has 0 aliphatic heterocycles. The number of fused-ring (bicyclic) bond motifs is 1. The molecule has 0 bridgehead atoms. The molecule has 7 nitrogen and oxygen atoms in total. The lowest BCUT2D eigenvalue weighted by Gasteiger charge is -2.22. The maximum atomic E-state index is 13.2. The summed E-state index contributed by atoms with van der Waals surface area (Å²) >= 11 is 0. The standard InChI is InChI=1S/C21H21FN2O5S/c1-29-21(26)18-14-23(19-7-4-3-6-17(18)19)20(25)8-5-13-24(30(2,27)28)16-11-9-15(22)10-12-16/h3-4,6-7,9-12,14H,5,8,13H2,1-2H3. The van der Waals surface area contributed by atoms with Gasteiger partial charge in [-0.25, -0.2) is 17.6 Å². The van der Waals surface area contributed by atoms with Crippen molar-refractivity contribution in [1.29, 1.82) is 0 Å². The Morgan fingerprint density at radius 2 is 1.77 bits per heavy atom. The number of halogens is 1. The van der Waals surface area contributed by atoms with Crippen molar-refractivity contribution in [2.24, 2.45) is 0 Å². The van der Waals surface area contributed by atoms with Crippen LogP contribution in [0.5, 0.6) is 0 Å². The Hall–Kier alpha value is -3.20. The zero-order chi connectivity index (χ0) is 21.9. The van der Waals surface area contributed by atoms with Gasteiger partial charge in [0.25, 0.3) is 0 Å². The number of aromatic nitrogens is 1. The third kappa shape index (κ3) is 4.51. The highest BCUT2D eigenvalue weighted by atomic mass is 32.2. The van der Waals surface area contributed by atoms with Crippen molar-refractivity contribution in [3.8, 4) is 0 Å². The molecule has 3 aromatic rings. The molecule has 0 aliphatic carbocycles. The minimum atomic E-state index is -3.61. The number of methoxy groups -OCH3 is 1. The van der Waals surface area contributed by atoms with Gasteiger partial charge in [-0.15, -0.1) is 0 Å². The molecule has 9 heteroatoms. The Labute approximate surface area is 173 Å². The van der Waals surface area contributed by atoms with Crippen LogP contribution in [0, 0.1) is 5.82 Å². The van der Waals surface area contributed by atoms with Crippen LogP contribution in [-0.4, -0.2) is 44.8 Å². The molecule has 1 heterocycles. The van der Waals surface area contributed by atoms with E-state index in [9.17, 15) is 22.4 Å². The molecule has 0 saturated carbocycles. The van der Waals surface area contributed by atoms with Gasteiger partial charge in [-0.1, -0.05) is 18.2 Å². The zero-order valence-electron chi connectivity index (χ0n) is 16.5. The maximum absolute atomic E-state index is 13.2. The summed E-state index contributed by atoms with van der Waals surface area (Å²) in [4.78, 5) is 24.8. The number of rotatable bonds is 7. The molecule has 0 amide bonds. The number of anilines is 1. The first-order valence-electron chi connectivity index (χ1n) is 9.17. The minimum Gasteiger partial charge on any atom is -0.465 e. The molecule has 158 valence electrons. The summed E-state index contributed by atoms with van der Waals surface area (Å²) in [5.74, 6) is -1.30. The number of hydrogen-bond acceptors (Lipinski definition) is 5. The summed E-state index contributed by atoms with van der Waals surface area (Å²) in [6, 6.07) is 12.1. The van der Waals surface area contributed by atoms with Crippen LogP contribution in [-0.2, 0) is 14.8 Å². The molecule has 0 aliphatic rings. The van der Waals surface area contributed by atoms with E-state index in [1.54, 1.807) is 24.3 Å². The third-order valence-corrected chi connectivity index (χ3v) is 5.85. The largest absolute Gasteiger partial charge is 0.465 e. The summed E-state index contributed by atoms with van der Waals surface area (Å²) in [5, 5.41) is 0.599. The molecular weight excluding hydrogens is 411 g/mol. The van der Waals surface area contributed by atoms with Crippen molar-refractivity contribution in [1.82, 2.24) is 4.57 Å². The van der Waals surface area contributed by atoms with Crippen molar-refractivity contribution in [3.63, 3.8) is 0 Å². The van der Waals surface area contributed by atoms with E-state index in [1.165, 1.54) is 42.1 Å². The van der Waals surface area contributed by atoms with E-state index < -0.39 is 21.8 Å². The molecule has 1 aromatic heterocycles. The predicted molar refractivity (Wildman–Crippen MR) is 112 cm³/mol. The number of nitrogens with zero attached hydrogens (tertiary/aromatic N) is 2. The number of esters is 1. The first-order valence-corrected chi connectivity index (χ1v) is 11.0. The maximum Gasteiger partial charge on any atom is 0.340 e. The van der Waals surface area contributed by atoms with Gasteiger partial charge in [0.15, 0.2) is 0 Å². The van der Waals surface area contributed by atoms with E-state index >= 15 is 0 Å². The smallest absolute Gasteiger partial charge is 0.340 e. The van der Waals surface area contributed by atoms with E-state index in [-0.39, 0.29) is 30.9 Å². The van der Waals surface area contributed by atoms with E-state index in [2.05, 4.69) is 0 Å². The van der Waals surface area contributed by atoms with E-state index in [4.69, 9.17) is 4.74 Å². The number of carbonyl (C=O) groups is 2. The van der Waals surface area contributed by atoms with Crippen LogP contribution in [0.15, 0.2) is 54.7 Å². The molecular formula is C21H21FN2O5S. The summed E-state index contributed by atoms with van der Waals surface area (Å²) < 4.78 is 44.7. The van der Waals surface area contributed by atoms with Crippen LogP contribution in [0.4, 0.5) is 10.1 Å². The number of sulfonamides is 1. The third-order valence-electron chi connectivity index (χ3n) is 4.65. The van der Waals surface area contributed by atoms with Gasteiger partial charge in [-0.05, 0) is 36.8 Å². The second-order valence-electron chi connectivity index (χ2n) is 6.73. The lowest BCUT2D eigenvalue weighted by Crippen LogP contribution is -2.31. The lowest BCUT2D eigenvalue weighted by atomic mass is 10.2. The molecule has 3 rings (SSSR count). The molecule has 0 N–H and O–H groups in total. The Balaban J connectivity index is 1.78. The topological polar surface area (TPSA) is 85.7 Å². The van der Waals surface area contributed by atoms with Crippen LogP contribution >= 0.6 is 0 Å². The fraction of sp³-hybridized carbons (Fsp3) is 0.238. The molecule has 0 radical (unpaired) electrons. The second-order valence-corrected chi connectivity index (χ2v) is 8.64. The van der Waals surface area contributed by atoms with E-state index in [0.29, 0.717) is 16.6 Å². The Morgan fingerprint density at radius 1 is 1.10 bits per heavy atom. The van der Waals surface area contributed by atoms with E-state index in [0.717, 1.165) is 10.6 Å².